The van der Waals surface area contributed by atoms with Gasteiger partial charge in [0, 0.05) is 32.9 Å². The van der Waals surface area contributed by atoms with E-state index in [-0.39, 0.29) is 0 Å². The maximum atomic E-state index is 2.51. The Morgan fingerprint density at radius 3 is 1.40 bits per heavy atom. The number of rotatable bonds is 11. The van der Waals surface area contributed by atoms with Crippen molar-refractivity contribution in [2.45, 2.75) is 6.92 Å². The second kappa shape index (κ2) is 19.4. The first-order chi connectivity index (χ1) is 38.1. The van der Waals surface area contributed by atoms with Gasteiger partial charge in [0.05, 0.1) is 22.1 Å². The molecule has 12 aromatic carbocycles. The van der Waals surface area contributed by atoms with Gasteiger partial charge >= 0.3 is 0 Å². The van der Waals surface area contributed by atoms with Gasteiger partial charge < -0.3 is 9.13 Å². The summed E-state index contributed by atoms with van der Waals surface area (Å²) in [7, 11) is -4.71. The third-order valence-corrected chi connectivity index (χ3v) is 24.2. The second-order valence-corrected chi connectivity index (χ2v) is 27.0. The molecule has 0 atom stereocenters. The normalized spacial score (nSPS) is 11.8. The van der Waals surface area contributed by atoms with Crippen molar-refractivity contribution >= 4 is 96.8 Å². The van der Waals surface area contributed by atoms with E-state index in [9.17, 15) is 0 Å². The Balaban J connectivity index is 0.971. The largest absolute Gasteiger partial charge is 0.309 e. The Bertz CT molecular complexity index is 4310. The van der Waals surface area contributed by atoms with Crippen LogP contribution in [0, 0.1) is 6.92 Å². The molecule has 0 saturated carbocycles. The number of aromatic nitrogens is 2. The Hall–Kier alpha value is -9.33. The summed E-state index contributed by atoms with van der Waals surface area (Å²) >= 11 is 0. The predicted molar refractivity (Wildman–Crippen MR) is 333 cm³/mol. The van der Waals surface area contributed by atoms with Gasteiger partial charge in [-0.2, -0.15) is 0 Å². The molecule has 4 heteroatoms. The number of benzene rings is 12. The Kier molecular flexibility index (Phi) is 11.7. The standard InChI is InChI=1S/C73H54N2Si2/c1-52-25-17-18-38-62(52)67-49-53(45-48-72(67)76(56-27-7-2-8-28-56)57-29-9-3-10-30-57)63-41-24-44-70-73(63)66-40-20-22-43-69(66)74(70)55-46-47-65-64-39-19-21-42-68(64)75(71(65)51-55)54-26-23-37-61(50-54)77(58-31-11-4-12-32-58,59-33-13-5-14-34-59)60-35-15-6-16-36-60/h2-51,76H,1H3. The van der Waals surface area contributed by atoms with Crippen molar-refractivity contribution in [1.82, 2.24) is 9.13 Å². The van der Waals surface area contributed by atoms with Crippen LogP contribution in [0.25, 0.3) is 77.2 Å². The number of hydrogen-bond acceptors (Lipinski definition) is 0. The quantitative estimate of drug-likeness (QED) is 0.0903. The van der Waals surface area contributed by atoms with Crippen LogP contribution in [0.3, 0.4) is 0 Å². The third-order valence-electron chi connectivity index (χ3n) is 16.1. The van der Waals surface area contributed by atoms with Gasteiger partial charge in [-0.25, -0.2) is 0 Å². The molecule has 0 bridgehead atoms. The van der Waals surface area contributed by atoms with Crippen molar-refractivity contribution in [3.63, 3.8) is 0 Å². The van der Waals surface area contributed by atoms with Crippen molar-refractivity contribution < 1.29 is 0 Å². The van der Waals surface area contributed by atoms with Crippen molar-refractivity contribution in [2.24, 2.45) is 0 Å². The molecule has 2 aromatic heterocycles. The highest BCUT2D eigenvalue weighted by molar-refractivity contribution is 7.20. The van der Waals surface area contributed by atoms with Crippen LogP contribution in [-0.2, 0) is 0 Å². The van der Waals surface area contributed by atoms with Crippen LogP contribution in [-0.4, -0.2) is 26.0 Å². The van der Waals surface area contributed by atoms with Gasteiger partial charge in [0.2, 0.25) is 0 Å². The molecule has 0 radical (unpaired) electrons. The molecule has 0 amide bonds. The Labute approximate surface area is 452 Å². The van der Waals surface area contributed by atoms with Gasteiger partial charge in [-0.3, -0.25) is 0 Å². The van der Waals surface area contributed by atoms with E-state index in [0.717, 1.165) is 11.4 Å². The summed E-state index contributed by atoms with van der Waals surface area (Å²) in [5, 5.41) is 14.6. The SMILES string of the molecule is Cc1ccccc1-c1cc(-c2cccc3c2c2ccccc2n3-c2ccc3c4ccccc4n(-c4cccc([Si](c5ccccc5)(c5ccccc5)c5ccccc5)c4)c3c2)ccc1[SiH](c1ccccc1)c1ccccc1. The summed E-state index contributed by atoms with van der Waals surface area (Å²) in [5.74, 6) is 0. The van der Waals surface area contributed by atoms with Crippen LogP contribution in [0.5, 0.6) is 0 Å². The highest BCUT2D eigenvalue weighted by atomic mass is 28.3. The van der Waals surface area contributed by atoms with Gasteiger partial charge in [0.1, 0.15) is 8.80 Å². The molecule has 364 valence electrons. The highest BCUT2D eigenvalue weighted by Crippen LogP contribution is 2.41. The number of aryl methyl sites for hydroxylation is 1. The molecule has 0 aliphatic rings. The zero-order valence-electron chi connectivity index (χ0n) is 42.8. The fraction of sp³-hybridized carbons (Fsp3) is 0.0137. The summed E-state index contributed by atoms with van der Waals surface area (Å²) < 4.78 is 5.00. The van der Waals surface area contributed by atoms with E-state index in [2.05, 4.69) is 319 Å². The topological polar surface area (TPSA) is 9.86 Å². The summed E-state index contributed by atoms with van der Waals surface area (Å²) in [6.45, 7) is 2.25. The summed E-state index contributed by atoms with van der Waals surface area (Å²) in [4.78, 5) is 0. The smallest absolute Gasteiger partial charge is 0.179 e. The summed E-state index contributed by atoms with van der Waals surface area (Å²) in [6.07, 6.45) is 0. The van der Waals surface area contributed by atoms with E-state index in [1.165, 1.54) is 108 Å². The molecular formula is C73H54N2Si2. The maximum absolute atomic E-state index is 2.81. The minimum Gasteiger partial charge on any atom is -0.309 e. The minimum absolute atomic E-state index is 1.12. The van der Waals surface area contributed by atoms with Crippen LogP contribution >= 0.6 is 0 Å². The fourth-order valence-electron chi connectivity index (χ4n) is 12.8. The van der Waals surface area contributed by atoms with Crippen molar-refractivity contribution in [3.05, 3.63) is 309 Å². The second-order valence-electron chi connectivity index (χ2n) is 20.4. The number of hydrogen-bond donors (Lipinski definition) is 0. The molecule has 0 N–H and O–H groups in total. The molecule has 0 unspecified atom stereocenters. The highest BCUT2D eigenvalue weighted by Gasteiger charge is 2.41. The average molecular weight is 1020 g/mol. The zero-order chi connectivity index (χ0) is 51.3. The van der Waals surface area contributed by atoms with Crippen LogP contribution in [0.15, 0.2) is 303 Å². The van der Waals surface area contributed by atoms with E-state index in [1.54, 1.807) is 0 Å². The summed E-state index contributed by atoms with van der Waals surface area (Å²) in [5.41, 5.74) is 13.3. The monoisotopic (exact) mass is 1010 g/mol. The van der Waals surface area contributed by atoms with E-state index < -0.39 is 16.9 Å². The summed E-state index contributed by atoms with van der Waals surface area (Å²) in [6, 6.07) is 114. The molecular weight excluding hydrogens is 961 g/mol. The molecule has 2 heterocycles. The molecule has 77 heavy (non-hydrogen) atoms. The average Bonchev–Trinajstić information content (AvgIpc) is 4.06. The molecule has 14 rings (SSSR count). The first kappa shape index (κ1) is 46.2. The first-order valence-electron chi connectivity index (χ1n) is 26.8. The van der Waals surface area contributed by atoms with E-state index in [1.807, 2.05) is 0 Å². The molecule has 14 aromatic rings. The van der Waals surface area contributed by atoms with E-state index in [4.69, 9.17) is 0 Å². The van der Waals surface area contributed by atoms with E-state index >= 15 is 0 Å². The van der Waals surface area contributed by atoms with E-state index in [0.29, 0.717) is 0 Å². The van der Waals surface area contributed by atoms with Gasteiger partial charge in [-0.05, 0) is 109 Å². The zero-order valence-corrected chi connectivity index (χ0v) is 45.0. The fourth-order valence-corrected chi connectivity index (χ4v) is 20.7. The van der Waals surface area contributed by atoms with Gasteiger partial charge in [-0.1, -0.05) is 265 Å². The first-order valence-corrected chi connectivity index (χ1v) is 30.5. The molecule has 0 aliphatic heterocycles. The van der Waals surface area contributed by atoms with Crippen LogP contribution in [0.4, 0.5) is 0 Å². The van der Waals surface area contributed by atoms with Crippen molar-refractivity contribution in [3.8, 4) is 33.6 Å². The molecule has 0 aliphatic carbocycles. The number of nitrogens with zero attached hydrogens (tertiary/aromatic N) is 2. The van der Waals surface area contributed by atoms with Crippen LogP contribution < -0.4 is 36.3 Å². The maximum Gasteiger partial charge on any atom is 0.179 e. The van der Waals surface area contributed by atoms with Gasteiger partial charge in [-0.15, -0.1) is 0 Å². The lowest BCUT2D eigenvalue weighted by molar-refractivity contribution is 1.16. The molecule has 0 spiro atoms. The number of para-hydroxylation sites is 2. The Morgan fingerprint density at radius 2 is 0.766 bits per heavy atom. The lowest BCUT2D eigenvalue weighted by atomic mass is 9.94. The Morgan fingerprint density at radius 1 is 0.299 bits per heavy atom. The predicted octanol–water partition coefficient (Wildman–Crippen LogP) is 13.1. The van der Waals surface area contributed by atoms with Crippen LogP contribution in [0.2, 0.25) is 0 Å². The van der Waals surface area contributed by atoms with Gasteiger partial charge in [0.25, 0.3) is 0 Å². The lowest BCUT2D eigenvalue weighted by Gasteiger charge is -2.34. The lowest BCUT2D eigenvalue weighted by Crippen LogP contribution is -2.74. The molecule has 0 fully saturated rings. The number of fused-ring (bicyclic) bond motifs is 6. The third kappa shape index (κ3) is 7.75. The molecule has 0 saturated heterocycles. The van der Waals surface area contributed by atoms with Gasteiger partial charge in [0.15, 0.2) is 8.07 Å². The van der Waals surface area contributed by atoms with Crippen LogP contribution in [0.1, 0.15) is 5.56 Å². The molecule has 2 nitrogen and oxygen atoms in total. The van der Waals surface area contributed by atoms with Crippen molar-refractivity contribution in [1.29, 1.82) is 0 Å². The minimum atomic E-state index is -2.81. The van der Waals surface area contributed by atoms with Crippen molar-refractivity contribution in [2.75, 3.05) is 0 Å².